The number of hydrogen-bond donors (Lipinski definition) is 0. The molecule has 0 aliphatic heterocycles. The largest absolute Gasteiger partial charge is 0.384 e. The molecule has 0 spiro atoms. The van der Waals surface area contributed by atoms with E-state index in [9.17, 15) is 0 Å². The Labute approximate surface area is 142 Å². The quantitative estimate of drug-likeness (QED) is 0.502. The van der Waals surface area contributed by atoms with E-state index >= 15 is 0 Å². The van der Waals surface area contributed by atoms with Crippen LogP contribution in [0.15, 0.2) is 0 Å². The van der Waals surface area contributed by atoms with Gasteiger partial charge in [0.2, 0.25) is 0 Å². The van der Waals surface area contributed by atoms with Crippen LogP contribution >= 0.6 is 0 Å². The minimum absolute atomic E-state index is 0. The fraction of sp³-hybridized carbons (Fsp3) is 1.00. The summed E-state index contributed by atoms with van der Waals surface area (Å²) in [4.78, 5) is 0. The molecule has 0 fully saturated rings. The third-order valence-corrected chi connectivity index (χ3v) is 2.84. The molecule has 0 aliphatic rings. The van der Waals surface area contributed by atoms with Gasteiger partial charge in [0, 0.05) is 49.8 Å². The van der Waals surface area contributed by atoms with Gasteiger partial charge in [-0.3, -0.25) is 0 Å². The van der Waals surface area contributed by atoms with Crippen LogP contribution in [0.4, 0.5) is 0 Å². The van der Waals surface area contributed by atoms with Gasteiger partial charge >= 0.3 is 0 Å². The van der Waals surface area contributed by atoms with Gasteiger partial charge in [0.05, 0.1) is 45.1 Å². The fourth-order valence-electron chi connectivity index (χ4n) is 2.03. The molecule has 23 heavy (non-hydrogen) atoms. The van der Waals surface area contributed by atoms with E-state index in [1.807, 2.05) is 0 Å². The molecular weight excluding hydrogens is 304 g/mol. The van der Waals surface area contributed by atoms with Gasteiger partial charge in [0.25, 0.3) is 0 Å². The molecule has 7 nitrogen and oxygen atoms in total. The normalized spacial score (nSPS) is 11.0. The van der Waals surface area contributed by atoms with E-state index in [-0.39, 0.29) is 18.9 Å². The lowest BCUT2D eigenvalue weighted by molar-refractivity contribution is -0.0760. The van der Waals surface area contributed by atoms with Crippen LogP contribution in [0.5, 0.6) is 0 Å². The Morgan fingerprint density at radius 3 is 1.04 bits per heavy atom. The van der Waals surface area contributed by atoms with Crippen molar-refractivity contribution in [3.05, 3.63) is 0 Å². The lowest BCUT2D eigenvalue weighted by Gasteiger charge is -2.30. The topological polar surface area (TPSA) is 64.6 Å². The second-order valence-corrected chi connectivity index (χ2v) is 5.00. The zero-order chi connectivity index (χ0) is 17.3. The third kappa shape index (κ3) is 15.0. The number of ether oxygens (including phenoxy) is 7. The highest BCUT2D eigenvalue weighted by atomic mass is 16.5. The van der Waals surface area contributed by atoms with Crippen molar-refractivity contribution in [3.8, 4) is 0 Å². The monoisotopic (exact) mass is 342 g/mol. The van der Waals surface area contributed by atoms with Crippen LogP contribution in [0.3, 0.4) is 0 Å². The Morgan fingerprint density at radius 2 is 0.870 bits per heavy atom. The third-order valence-electron chi connectivity index (χ3n) is 2.84. The molecule has 0 aromatic heterocycles. The minimum Gasteiger partial charge on any atom is -0.384 e. The molecule has 0 rings (SSSR count). The van der Waals surface area contributed by atoms with Gasteiger partial charge in [-0.25, -0.2) is 0 Å². The van der Waals surface area contributed by atoms with E-state index in [0.717, 1.165) is 0 Å². The van der Waals surface area contributed by atoms with Gasteiger partial charge in [-0.15, -0.1) is 0 Å². The number of rotatable bonds is 13. The molecule has 0 bridgehead atoms. The Morgan fingerprint density at radius 1 is 0.565 bits per heavy atom. The van der Waals surface area contributed by atoms with Crippen LogP contribution in [-0.4, -0.2) is 95.5 Å². The van der Waals surface area contributed by atoms with Crippen molar-refractivity contribution in [3.63, 3.8) is 0 Å². The summed E-state index contributed by atoms with van der Waals surface area (Å²) < 4.78 is 35.2. The highest BCUT2D eigenvalue weighted by molar-refractivity contribution is 4.78. The molecule has 0 saturated carbocycles. The fourth-order valence-corrected chi connectivity index (χ4v) is 2.03. The molecular formula is C16H38O7. The van der Waals surface area contributed by atoms with Crippen LogP contribution in [-0.2, 0) is 33.2 Å². The van der Waals surface area contributed by atoms with Crippen molar-refractivity contribution >= 4 is 0 Å². The highest BCUT2D eigenvalue weighted by Crippen LogP contribution is 2.19. The maximum atomic E-state index is 5.12. The van der Waals surface area contributed by atoms with Crippen molar-refractivity contribution in [2.24, 2.45) is 5.41 Å². The average Bonchev–Trinajstić information content (AvgIpc) is 2.49. The maximum absolute atomic E-state index is 5.12. The van der Waals surface area contributed by atoms with Crippen molar-refractivity contribution in [1.29, 1.82) is 0 Å². The second kappa shape index (κ2) is 19.8. The van der Waals surface area contributed by atoms with E-state index in [1.54, 1.807) is 49.8 Å². The highest BCUT2D eigenvalue weighted by Gasteiger charge is 2.30. The summed E-state index contributed by atoms with van der Waals surface area (Å²) in [5.41, 5.74) is -0.188. The van der Waals surface area contributed by atoms with E-state index in [1.165, 1.54) is 0 Å². The first-order chi connectivity index (χ1) is 10.6. The smallest absolute Gasteiger partial charge is 0.104 e. The average molecular weight is 342 g/mol. The molecule has 0 amide bonds. The summed E-state index contributed by atoms with van der Waals surface area (Å²) in [5, 5.41) is 0. The molecule has 0 N–H and O–H groups in total. The van der Waals surface area contributed by atoms with Gasteiger partial charge in [-0.1, -0.05) is 7.43 Å². The first kappa shape index (κ1) is 27.6. The molecule has 144 valence electrons. The molecule has 0 aromatic rings. The van der Waals surface area contributed by atoms with Gasteiger partial charge in [0.15, 0.2) is 0 Å². The van der Waals surface area contributed by atoms with E-state index < -0.39 is 0 Å². The van der Waals surface area contributed by atoms with E-state index in [4.69, 9.17) is 33.2 Å². The Kier molecular flexibility index (Phi) is 23.7. The van der Waals surface area contributed by atoms with Gasteiger partial charge in [-0.2, -0.15) is 0 Å². The Hall–Kier alpha value is -0.280. The molecule has 0 radical (unpaired) electrons. The lowest BCUT2D eigenvalue weighted by Crippen LogP contribution is -2.40. The Bertz CT molecular complexity index is 179. The number of methoxy groups -OCH3 is 7. The molecule has 0 unspecified atom stereocenters. The zero-order valence-electron chi connectivity index (χ0n) is 15.2. The molecule has 0 heterocycles. The summed E-state index contributed by atoms with van der Waals surface area (Å²) in [6.07, 6.45) is 0.0694. The van der Waals surface area contributed by atoms with Crippen LogP contribution in [0.25, 0.3) is 0 Å². The first-order valence-corrected chi connectivity index (χ1v) is 7.06. The van der Waals surface area contributed by atoms with Gasteiger partial charge in [0.1, 0.15) is 6.10 Å². The van der Waals surface area contributed by atoms with E-state index in [2.05, 4.69) is 0 Å². The predicted octanol–water partition coefficient (Wildman–Crippen LogP) is 1.49. The molecule has 7 heteroatoms. The van der Waals surface area contributed by atoms with Crippen LogP contribution < -0.4 is 0 Å². The molecule has 0 atom stereocenters. The van der Waals surface area contributed by atoms with Gasteiger partial charge in [-0.05, 0) is 0 Å². The van der Waals surface area contributed by atoms with Crippen LogP contribution in [0, 0.1) is 5.41 Å². The second-order valence-electron chi connectivity index (χ2n) is 5.00. The summed E-state index contributed by atoms with van der Waals surface area (Å²) >= 11 is 0. The standard InChI is InChI=1S/C9H20O4.C6H14O3.CH4/c1-10-5-9(6-11-2,7-12-3)8-13-4;1-7-4-6(9-3)5-8-2;/h5-8H2,1-4H3;6H,4-5H2,1-3H3;1H4. The summed E-state index contributed by atoms with van der Waals surface area (Å²) in [6, 6.07) is 0. The number of hydrogen-bond acceptors (Lipinski definition) is 7. The SMILES string of the molecule is C.COCC(COC)(COC)COC.COCC(COC)OC. The molecule has 0 aliphatic carbocycles. The van der Waals surface area contributed by atoms with Crippen LogP contribution in [0.2, 0.25) is 0 Å². The maximum Gasteiger partial charge on any atom is 0.104 e. The summed E-state index contributed by atoms with van der Waals surface area (Å²) in [7, 11) is 11.6. The Balaban J connectivity index is -0.000000354. The first-order valence-electron chi connectivity index (χ1n) is 7.06. The summed E-state index contributed by atoms with van der Waals surface area (Å²) in [5.74, 6) is 0. The summed E-state index contributed by atoms with van der Waals surface area (Å²) in [6.45, 7) is 3.46. The van der Waals surface area contributed by atoms with Crippen molar-refractivity contribution in [2.75, 3.05) is 89.4 Å². The van der Waals surface area contributed by atoms with E-state index in [0.29, 0.717) is 39.6 Å². The van der Waals surface area contributed by atoms with Crippen molar-refractivity contribution < 1.29 is 33.2 Å². The van der Waals surface area contributed by atoms with Gasteiger partial charge < -0.3 is 33.2 Å². The van der Waals surface area contributed by atoms with Crippen molar-refractivity contribution in [2.45, 2.75) is 13.5 Å². The predicted molar refractivity (Wildman–Crippen MR) is 91.2 cm³/mol. The minimum atomic E-state index is -0.188. The lowest BCUT2D eigenvalue weighted by atomic mass is 9.92. The molecule has 0 aromatic carbocycles. The van der Waals surface area contributed by atoms with Crippen LogP contribution in [0.1, 0.15) is 7.43 Å². The molecule has 0 saturated heterocycles. The zero-order valence-corrected chi connectivity index (χ0v) is 15.2. The van der Waals surface area contributed by atoms with Crippen molar-refractivity contribution in [1.82, 2.24) is 0 Å².